The van der Waals surface area contributed by atoms with Crippen molar-refractivity contribution in [1.82, 2.24) is 24.0 Å². The maximum Gasteiger partial charge on any atom is 0.332 e. The lowest BCUT2D eigenvalue weighted by Crippen LogP contribution is -2.43. The Morgan fingerprint density at radius 2 is 1.91 bits per heavy atom. The van der Waals surface area contributed by atoms with E-state index in [-0.39, 0.29) is 11.2 Å². The first-order valence-corrected chi connectivity index (χ1v) is 7.92. The lowest BCUT2D eigenvalue weighted by molar-refractivity contribution is 0.322. The van der Waals surface area contributed by atoms with Crippen LogP contribution in [0.15, 0.2) is 9.59 Å². The summed E-state index contributed by atoms with van der Waals surface area (Å²) >= 11 is 0. The van der Waals surface area contributed by atoms with Gasteiger partial charge in [0.15, 0.2) is 11.2 Å². The Bertz CT molecular complexity index is 808. The molecule has 0 aliphatic carbocycles. The predicted octanol–water partition coefficient (Wildman–Crippen LogP) is 0.225. The minimum Gasteiger partial charge on any atom is -0.325 e. The Balaban J connectivity index is 2.19. The van der Waals surface area contributed by atoms with E-state index >= 15 is 0 Å². The van der Waals surface area contributed by atoms with Crippen molar-refractivity contribution >= 4 is 11.2 Å². The quantitative estimate of drug-likeness (QED) is 0.880. The zero-order valence-electron chi connectivity index (χ0n) is 13.4. The summed E-state index contributed by atoms with van der Waals surface area (Å²) in [6, 6.07) is 0. The molecule has 0 bridgehead atoms. The minimum absolute atomic E-state index is 0.216. The van der Waals surface area contributed by atoms with E-state index in [1.807, 2.05) is 20.9 Å². The molecule has 1 saturated heterocycles. The first-order chi connectivity index (χ1) is 10.5. The number of nitrogens with one attached hydrogen (secondary N) is 1. The van der Waals surface area contributed by atoms with E-state index in [1.54, 1.807) is 9.13 Å². The van der Waals surface area contributed by atoms with E-state index in [1.165, 1.54) is 4.57 Å². The van der Waals surface area contributed by atoms with E-state index < -0.39 is 0 Å². The molecule has 7 nitrogen and oxygen atoms in total. The van der Waals surface area contributed by atoms with Crippen molar-refractivity contribution in [2.24, 2.45) is 13.0 Å². The SMILES string of the molecule is CCn1c(=O)n(CC2CCNCC2)c(=O)c2c1nc(C)n2C. The van der Waals surface area contributed by atoms with Crippen LogP contribution in [-0.2, 0) is 20.1 Å². The molecule has 0 radical (unpaired) electrons. The van der Waals surface area contributed by atoms with Gasteiger partial charge in [-0.05, 0) is 45.7 Å². The Morgan fingerprint density at radius 3 is 2.55 bits per heavy atom. The van der Waals surface area contributed by atoms with Crippen LogP contribution in [0.1, 0.15) is 25.6 Å². The number of aromatic nitrogens is 4. The molecule has 0 unspecified atom stereocenters. The molecule has 120 valence electrons. The number of hydrogen-bond acceptors (Lipinski definition) is 4. The first-order valence-electron chi connectivity index (χ1n) is 7.92. The normalized spacial score (nSPS) is 16.5. The molecule has 0 saturated carbocycles. The van der Waals surface area contributed by atoms with E-state index in [0.29, 0.717) is 30.2 Å². The number of rotatable bonds is 3. The van der Waals surface area contributed by atoms with E-state index in [0.717, 1.165) is 31.8 Å². The van der Waals surface area contributed by atoms with Crippen molar-refractivity contribution in [3.8, 4) is 0 Å². The van der Waals surface area contributed by atoms with Gasteiger partial charge < -0.3 is 9.88 Å². The smallest absolute Gasteiger partial charge is 0.325 e. The molecule has 7 heteroatoms. The number of hydrogen-bond donors (Lipinski definition) is 1. The van der Waals surface area contributed by atoms with Crippen LogP contribution in [0.3, 0.4) is 0 Å². The molecule has 2 aromatic rings. The topological polar surface area (TPSA) is 73.8 Å². The molecule has 0 amide bonds. The zero-order valence-corrected chi connectivity index (χ0v) is 13.4. The van der Waals surface area contributed by atoms with Gasteiger partial charge in [-0.25, -0.2) is 9.78 Å². The third kappa shape index (κ3) is 2.29. The van der Waals surface area contributed by atoms with Gasteiger partial charge in [-0.1, -0.05) is 0 Å². The molecule has 3 heterocycles. The van der Waals surface area contributed by atoms with E-state index in [4.69, 9.17) is 0 Å². The van der Waals surface area contributed by atoms with E-state index in [9.17, 15) is 9.59 Å². The molecule has 0 aromatic carbocycles. The summed E-state index contributed by atoms with van der Waals surface area (Å²) < 4.78 is 4.79. The van der Waals surface area contributed by atoms with Crippen LogP contribution in [0, 0.1) is 12.8 Å². The fraction of sp³-hybridized carbons (Fsp3) is 0.667. The minimum atomic E-state index is -0.239. The molecular formula is C15H23N5O2. The number of imidazole rings is 1. The monoisotopic (exact) mass is 305 g/mol. The number of nitrogens with zero attached hydrogens (tertiary/aromatic N) is 4. The fourth-order valence-electron chi connectivity index (χ4n) is 3.24. The summed E-state index contributed by atoms with van der Waals surface area (Å²) in [5, 5.41) is 3.31. The lowest BCUT2D eigenvalue weighted by atomic mass is 9.98. The van der Waals surface area contributed by atoms with E-state index in [2.05, 4.69) is 10.3 Å². The molecule has 1 N–H and O–H groups in total. The summed E-state index contributed by atoms with van der Waals surface area (Å²) in [6.07, 6.45) is 2.00. The fourth-order valence-corrected chi connectivity index (χ4v) is 3.24. The highest BCUT2D eigenvalue weighted by molar-refractivity contribution is 5.70. The lowest BCUT2D eigenvalue weighted by Gasteiger charge is -2.23. The molecule has 1 aliphatic heterocycles. The highest BCUT2D eigenvalue weighted by Gasteiger charge is 2.21. The van der Waals surface area contributed by atoms with Crippen LogP contribution in [-0.4, -0.2) is 31.8 Å². The van der Waals surface area contributed by atoms with Crippen LogP contribution in [0.4, 0.5) is 0 Å². The van der Waals surface area contributed by atoms with Crippen molar-refractivity contribution in [3.05, 3.63) is 26.7 Å². The summed E-state index contributed by atoms with van der Waals surface area (Å²) in [5.41, 5.74) is 0.565. The van der Waals surface area contributed by atoms with Gasteiger partial charge in [-0.3, -0.25) is 13.9 Å². The average Bonchev–Trinajstić information content (AvgIpc) is 2.81. The van der Waals surface area contributed by atoms with Gasteiger partial charge >= 0.3 is 5.69 Å². The summed E-state index contributed by atoms with van der Waals surface area (Å²) in [6.45, 7) is 6.67. The Kier molecular flexibility index (Phi) is 3.90. The van der Waals surface area contributed by atoms with Crippen LogP contribution in [0.5, 0.6) is 0 Å². The van der Waals surface area contributed by atoms with Gasteiger partial charge in [0.1, 0.15) is 5.82 Å². The Morgan fingerprint density at radius 1 is 1.23 bits per heavy atom. The Labute approximate surface area is 128 Å². The predicted molar refractivity (Wildman–Crippen MR) is 85.2 cm³/mol. The van der Waals surface area contributed by atoms with Crippen LogP contribution < -0.4 is 16.6 Å². The van der Waals surface area contributed by atoms with Gasteiger partial charge in [0, 0.05) is 20.1 Å². The molecule has 0 spiro atoms. The van der Waals surface area contributed by atoms with Gasteiger partial charge in [-0.2, -0.15) is 0 Å². The Hall–Kier alpha value is -1.89. The number of fused-ring (bicyclic) bond motifs is 1. The van der Waals surface area contributed by atoms with Crippen molar-refractivity contribution < 1.29 is 0 Å². The second-order valence-electron chi connectivity index (χ2n) is 6.03. The summed E-state index contributed by atoms with van der Waals surface area (Å²) in [7, 11) is 1.82. The number of piperidine rings is 1. The highest BCUT2D eigenvalue weighted by Crippen LogP contribution is 2.14. The van der Waals surface area contributed by atoms with Crippen molar-refractivity contribution in [3.63, 3.8) is 0 Å². The average molecular weight is 305 g/mol. The molecule has 22 heavy (non-hydrogen) atoms. The van der Waals surface area contributed by atoms with Crippen LogP contribution >= 0.6 is 0 Å². The number of aryl methyl sites for hydroxylation is 3. The van der Waals surface area contributed by atoms with Crippen molar-refractivity contribution in [2.45, 2.75) is 39.8 Å². The standard InChI is InChI=1S/C15H23N5O2/c1-4-19-13-12(18(3)10(2)17-13)14(21)20(15(19)22)9-11-5-7-16-8-6-11/h11,16H,4-9H2,1-3H3. The zero-order chi connectivity index (χ0) is 15.9. The molecule has 2 aromatic heterocycles. The van der Waals surface area contributed by atoms with Crippen LogP contribution in [0.25, 0.3) is 11.2 Å². The van der Waals surface area contributed by atoms with Gasteiger partial charge in [0.2, 0.25) is 0 Å². The molecular weight excluding hydrogens is 282 g/mol. The van der Waals surface area contributed by atoms with Crippen molar-refractivity contribution in [1.29, 1.82) is 0 Å². The largest absolute Gasteiger partial charge is 0.332 e. The summed E-state index contributed by atoms with van der Waals surface area (Å²) in [4.78, 5) is 29.9. The molecule has 3 rings (SSSR count). The van der Waals surface area contributed by atoms with Crippen molar-refractivity contribution in [2.75, 3.05) is 13.1 Å². The van der Waals surface area contributed by atoms with Crippen LogP contribution in [0.2, 0.25) is 0 Å². The summed E-state index contributed by atoms with van der Waals surface area (Å²) in [5.74, 6) is 1.12. The highest BCUT2D eigenvalue weighted by atomic mass is 16.2. The first kappa shape index (κ1) is 15.0. The second-order valence-corrected chi connectivity index (χ2v) is 6.03. The molecule has 1 aliphatic rings. The third-order valence-corrected chi connectivity index (χ3v) is 4.68. The van der Waals surface area contributed by atoms with Gasteiger partial charge in [-0.15, -0.1) is 0 Å². The second kappa shape index (κ2) is 5.72. The van der Waals surface area contributed by atoms with Gasteiger partial charge in [0.25, 0.3) is 5.56 Å². The third-order valence-electron chi connectivity index (χ3n) is 4.68. The molecule has 1 fully saturated rings. The maximum absolute atomic E-state index is 12.8. The van der Waals surface area contributed by atoms with Gasteiger partial charge in [0.05, 0.1) is 0 Å². The maximum atomic E-state index is 12.8. The molecule has 0 atom stereocenters.